The van der Waals surface area contributed by atoms with Crippen molar-refractivity contribution in [2.75, 3.05) is 24.6 Å². The number of primary amides is 1. The summed E-state index contributed by atoms with van der Waals surface area (Å²) < 4.78 is 34.1. The zero-order chi connectivity index (χ0) is 24.7. The fraction of sp³-hybridized carbons (Fsp3) is 0.500. The van der Waals surface area contributed by atoms with Gasteiger partial charge in [0.2, 0.25) is 11.9 Å². The van der Waals surface area contributed by atoms with Crippen molar-refractivity contribution in [3.05, 3.63) is 47.3 Å². The van der Waals surface area contributed by atoms with E-state index in [1.165, 1.54) is 6.92 Å². The minimum Gasteiger partial charge on any atom is -0.493 e. The summed E-state index contributed by atoms with van der Waals surface area (Å²) in [6, 6.07) is 0.882. The van der Waals surface area contributed by atoms with Crippen molar-refractivity contribution < 1.29 is 23.1 Å². The van der Waals surface area contributed by atoms with E-state index < -0.39 is 35.1 Å². The first-order valence-electron chi connectivity index (χ1n) is 11.6. The van der Waals surface area contributed by atoms with Gasteiger partial charge in [-0.05, 0) is 50.5 Å². The van der Waals surface area contributed by atoms with Crippen LogP contribution in [0.2, 0.25) is 0 Å². The number of aromatic nitrogens is 2. The molecule has 0 spiro atoms. The average molecular weight is 476 g/mol. The summed E-state index contributed by atoms with van der Waals surface area (Å²) in [7, 11) is 0. The first kappa shape index (κ1) is 25.3. The van der Waals surface area contributed by atoms with Crippen molar-refractivity contribution in [1.82, 2.24) is 15.3 Å². The molecule has 1 aliphatic heterocycles. The van der Waals surface area contributed by atoms with Gasteiger partial charge in [0.1, 0.15) is 29.0 Å². The summed E-state index contributed by atoms with van der Waals surface area (Å²) in [4.78, 5) is 34.2. The van der Waals surface area contributed by atoms with Gasteiger partial charge in [0.15, 0.2) is 0 Å². The van der Waals surface area contributed by atoms with Crippen LogP contribution in [0.5, 0.6) is 5.75 Å². The number of amides is 2. The molecule has 0 radical (unpaired) electrons. The Hall–Kier alpha value is -3.30. The Bertz CT molecular complexity index is 972. The van der Waals surface area contributed by atoms with Gasteiger partial charge in [0.25, 0.3) is 5.91 Å². The van der Waals surface area contributed by atoms with Crippen LogP contribution in [0.3, 0.4) is 0 Å². The third kappa shape index (κ3) is 6.61. The fourth-order valence-electron chi connectivity index (χ4n) is 3.87. The second kappa shape index (κ2) is 11.7. The molecule has 34 heavy (non-hydrogen) atoms. The van der Waals surface area contributed by atoms with Gasteiger partial charge in [-0.15, -0.1) is 0 Å². The van der Waals surface area contributed by atoms with Crippen molar-refractivity contribution in [2.24, 2.45) is 11.7 Å². The van der Waals surface area contributed by atoms with Gasteiger partial charge in [-0.3, -0.25) is 9.59 Å². The lowest BCUT2D eigenvalue weighted by Gasteiger charge is -2.32. The van der Waals surface area contributed by atoms with Crippen molar-refractivity contribution in [3.63, 3.8) is 0 Å². The molecule has 1 fully saturated rings. The number of hydrogen-bond acceptors (Lipinski definition) is 6. The molecule has 2 heterocycles. The Morgan fingerprint density at radius 3 is 2.38 bits per heavy atom. The molecule has 3 N–H and O–H groups in total. The van der Waals surface area contributed by atoms with E-state index >= 15 is 0 Å². The quantitative estimate of drug-likeness (QED) is 0.511. The first-order valence-corrected chi connectivity index (χ1v) is 11.6. The molecule has 1 saturated heterocycles. The number of hydrogen-bond donors (Lipinski definition) is 2. The topological polar surface area (TPSA) is 110 Å². The smallest absolute Gasteiger partial charge is 0.257 e. The molecule has 0 unspecified atom stereocenters. The minimum absolute atomic E-state index is 0.0111. The lowest BCUT2D eigenvalue weighted by Crippen LogP contribution is -2.42. The predicted molar refractivity (Wildman–Crippen MR) is 124 cm³/mol. The average Bonchev–Trinajstić information content (AvgIpc) is 2.82. The summed E-state index contributed by atoms with van der Waals surface area (Å²) >= 11 is 0. The van der Waals surface area contributed by atoms with E-state index in [1.54, 1.807) is 0 Å². The van der Waals surface area contributed by atoms with Gasteiger partial charge in [0, 0.05) is 37.6 Å². The van der Waals surface area contributed by atoms with Crippen molar-refractivity contribution in [1.29, 1.82) is 0 Å². The molecular formula is C24H31F2N5O3. The van der Waals surface area contributed by atoms with Crippen molar-refractivity contribution in [3.8, 4) is 5.75 Å². The summed E-state index contributed by atoms with van der Waals surface area (Å²) in [5.74, 6) is -2.66. The number of carbonyl (C=O) groups excluding carboxylic acids is 2. The monoisotopic (exact) mass is 475 g/mol. The van der Waals surface area contributed by atoms with Gasteiger partial charge in [-0.2, -0.15) is 0 Å². The molecule has 1 aliphatic rings. The van der Waals surface area contributed by atoms with Crippen molar-refractivity contribution >= 4 is 17.8 Å². The van der Waals surface area contributed by atoms with E-state index in [0.29, 0.717) is 12.5 Å². The largest absolute Gasteiger partial charge is 0.493 e. The van der Waals surface area contributed by atoms with Crippen LogP contribution in [0.1, 0.15) is 55.5 Å². The molecule has 1 atom stereocenters. The highest BCUT2D eigenvalue weighted by atomic mass is 19.1. The molecule has 1 aromatic carbocycles. The highest BCUT2D eigenvalue weighted by Gasteiger charge is 2.23. The maximum Gasteiger partial charge on any atom is 0.257 e. The number of halogens is 2. The molecule has 10 heteroatoms. The van der Waals surface area contributed by atoms with Crippen LogP contribution in [0, 0.1) is 17.6 Å². The number of nitrogens with two attached hydrogens (primary N) is 1. The third-order valence-corrected chi connectivity index (χ3v) is 6.04. The van der Waals surface area contributed by atoms with Crippen LogP contribution < -0.4 is 20.7 Å². The molecule has 2 amide bonds. The summed E-state index contributed by atoms with van der Waals surface area (Å²) in [5.41, 5.74) is 5.40. The number of anilines is 1. The number of benzene rings is 1. The highest BCUT2D eigenvalue weighted by Crippen LogP contribution is 2.25. The normalized spacial score (nSPS) is 15.1. The zero-order valence-corrected chi connectivity index (χ0v) is 19.5. The first-order chi connectivity index (χ1) is 16.3. The van der Waals surface area contributed by atoms with Gasteiger partial charge in [0.05, 0.1) is 6.61 Å². The van der Waals surface area contributed by atoms with Gasteiger partial charge in [-0.25, -0.2) is 18.7 Å². The van der Waals surface area contributed by atoms with E-state index in [9.17, 15) is 18.4 Å². The number of ether oxygens (including phenoxy) is 1. The number of piperidine rings is 1. The lowest BCUT2D eigenvalue weighted by molar-refractivity contribution is -0.119. The van der Waals surface area contributed by atoms with Crippen molar-refractivity contribution in [2.45, 2.75) is 52.0 Å². The number of aryl methyl sites for hydroxylation is 1. The zero-order valence-electron chi connectivity index (χ0n) is 19.5. The number of carbonyl (C=O) groups is 2. The van der Waals surface area contributed by atoms with Gasteiger partial charge < -0.3 is 20.7 Å². The summed E-state index contributed by atoms with van der Waals surface area (Å²) in [6.07, 6.45) is 8.40. The van der Waals surface area contributed by atoms with E-state index in [-0.39, 0.29) is 5.75 Å². The minimum atomic E-state index is -1.06. The molecular weight excluding hydrogens is 444 g/mol. The van der Waals surface area contributed by atoms with E-state index in [0.717, 1.165) is 68.8 Å². The fourth-order valence-corrected chi connectivity index (χ4v) is 3.87. The Morgan fingerprint density at radius 1 is 1.21 bits per heavy atom. The third-order valence-electron chi connectivity index (χ3n) is 6.04. The van der Waals surface area contributed by atoms with Gasteiger partial charge >= 0.3 is 0 Å². The second-order valence-corrected chi connectivity index (χ2v) is 8.53. The summed E-state index contributed by atoms with van der Waals surface area (Å²) in [6.45, 7) is 5.50. The molecule has 184 valence electrons. The van der Waals surface area contributed by atoms with Crippen LogP contribution in [0.4, 0.5) is 14.7 Å². The Labute approximate surface area is 197 Å². The van der Waals surface area contributed by atoms with Crippen LogP contribution in [-0.2, 0) is 11.2 Å². The maximum atomic E-state index is 14.3. The molecule has 3 rings (SSSR count). The second-order valence-electron chi connectivity index (χ2n) is 8.53. The summed E-state index contributed by atoms with van der Waals surface area (Å²) in [5, 5.41) is 2.16. The van der Waals surface area contributed by atoms with Gasteiger partial charge in [-0.1, -0.05) is 6.92 Å². The lowest BCUT2D eigenvalue weighted by atomic mass is 9.92. The predicted octanol–water partition coefficient (Wildman–Crippen LogP) is 3.00. The number of nitrogens with zero attached hydrogens (tertiary/aromatic N) is 3. The van der Waals surface area contributed by atoms with Crippen LogP contribution in [-0.4, -0.2) is 47.5 Å². The van der Waals surface area contributed by atoms with E-state index in [4.69, 9.17) is 10.5 Å². The molecule has 1 aromatic heterocycles. The highest BCUT2D eigenvalue weighted by molar-refractivity contribution is 5.97. The number of rotatable bonds is 10. The Morgan fingerprint density at radius 2 is 1.82 bits per heavy atom. The Kier molecular flexibility index (Phi) is 8.72. The van der Waals surface area contributed by atoms with E-state index in [1.807, 2.05) is 12.4 Å². The number of nitrogens with one attached hydrogen (secondary N) is 1. The van der Waals surface area contributed by atoms with Crippen LogP contribution in [0.25, 0.3) is 0 Å². The maximum absolute atomic E-state index is 14.3. The molecule has 0 aliphatic carbocycles. The van der Waals surface area contributed by atoms with Crippen LogP contribution >= 0.6 is 0 Å². The van der Waals surface area contributed by atoms with Crippen LogP contribution in [0.15, 0.2) is 24.5 Å². The Balaban J connectivity index is 1.42. The standard InChI is InChI=1S/C24H31F2N5O3/c1-3-16-13-28-24(29-14-16)31-8-6-17(7-9-31)5-4-10-34-18-11-19(25)21(20(26)12-18)23(33)30-15(2)22(27)32/h11-15,17H,3-10H2,1-2H3,(H2,27,32)(H,30,33)/t15-/m0/s1. The SMILES string of the molecule is CCc1cnc(N2CCC(CCCOc3cc(F)c(C(=O)N[C@@H](C)C(N)=O)c(F)c3)CC2)nc1. The molecule has 8 nitrogen and oxygen atoms in total. The molecule has 0 bridgehead atoms. The molecule has 2 aromatic rings. The van der Waals surface area contributed by atoms with E-state index in [2.05, 4.69) is 27.1 Å². The molecule has 0 saturated carbocycles.